The van der Waals surface area contributed by atoms with Crippen LogP contribution in [0.5, 0.6) is 0 Å². The molecule has 2 heterocycles. The third-order valence-electron chi connectivity index (χ3n) is 4.45. The molecule has 1 aromatic carbocycles. The Hall–Kier alpha value is -0.390. The predicted octanol–water partition coefficient (Wildman–Crippen LogP) is 3.91. The number of rotatable bonds is 2. The van der Waals surface area contributed by atoms with Crippen molar-refractivity contribution in [3.8, 4) is 0 Å². The molecule has 0 N–H and O–H groups in total. The molecule has 0 aliphatic carbocycles. The van der Waals surface area contributed by atoms with Crippen LogP contribution in [-0.4, -0.2) is 47.9 Å². The molecule has 1 unspecified atom stereocenters. The van der Waals surface area contributed by atoms with Crippen molar-refractivity contribution in [1.82, 2.24) is 9.80 Å². The SMILES string of the molecule is O=C(c1cc(Br)cc(Br)c1)N1CCCC(N2CCCC2)C1. The molecule has 0 aromatic heterocycles. The maximum Gasteiger partial charge on any atom is 0.253 e. The first kappa shape index (κ1) is 15.5. The average molecular weight is 416 g/mol. The summed E-state index contributed by atoms with van der Waals surface area (Å²) in [6.45, 7) is 4.17. The van der Waals surface area contributed by atoms with E-state index in [1.54, 1.807) is 0 Å². The zero-order valence-electron chi connectivity index (χ0n) is 12.0. The van der Waals surface area contributed by atoms with E-state index in [-0.39, 0.29) is 5.91 Å². The highest BCUT2D eigenvalue weighted by Crippen LogP contribution is 2.24. The Balaban J connectivity index is 1.71. The Morgan fingerprint density at radius 2 is 1.67 bits per heavy atom. The molecule has 1 amide bonds. The van der Waals surface area contributed by atoms with Crippen LogP contribution in [0.3, 0.4) is 0 Å². The molecule has 2 aliphatic heterocycles. The minimum absolute atomic E-state index is 0.154. The summed E-state index contributed by atoms with van der Waals surface area (Å²) in [5.41, 5.74) is 0.762. The molecule has 1 atom stereocenters. The van der Waals surface area contributed by atoms with Crippen LogP contribution in [0.1, 0.15) is 36.0 Å². The second-order valence-corrected chi connectivity index (χ2v) is 7.78. The van der Waals surface area contributed by atoms with Crippen molar-refractivity contribution >= 4 is 37.8 Å². The van der Waals surface area contributed by atoms with E-state index in [1.165, 1.54) is 32.4 Å². The summed E-state index contributed by atoms with van der Waals surface area (Å²) in [6.07, 6.45) is 4.96. The van der Waals surface area contributed by atoms with Gasteiger partial charge in [0.25, 0.3) is 5.91 Å². The van der Waals surface area contributed by atoms with Gasteiger partial charge in [0, 0.05) is 33.6 Å². The first-order valence-corrected chi connectivity index (χ1v) is 9.21. The Morgan fingerprint density at radius 3 is 2.33 bits per heavy atom. The van der Waals surface area contributed by atoms with E-state index in [0.717, 1.165) is 34.0 Å². The van der Waals surface area contributed by atoms with Crippen LogP contribution < -0.4 is 0 Å². The molecule has 3 nitrogen and oxygen atoms in total. The van der Waals surface area contributed by atoms with Crippen molar-refractivity contribution < 1.29 is 4.79 Å². The largest absolute Gasteiger partial charge is 0.337 e. The molecule has 0 spiro atoms. The summed E-state index contributed by atoms with van der Waals surface area (Å²) in [5.74, 6) is 0.154. The molecule has 114 valence electrons. The Morgan fingerprint density at radius 1 is 1.00 bits per heavy atom. The predicted molar refractivity (Wildman–Crippen MR) is 91.6 cm³/mol. The van der Waals surface area contributed by atoms with Crippen molar-refractivity contribution in [1.29, 1.82) is 0 Å². The Labute approximate surface area is 142 Å². The van der Waals surface area contributed by atoms with Crippen LogP contribution >= 0.6 is 31.9 Å². The summed E-state index contributed by atoms with van der Waals surface area (Å²) in [5, 5.41) is 0. The zero-order valence-corrected chi connectivity index (χ0v) is 15.2. The van der Waals surface area contributed by atoms with E-state index in [1.807, 2.05) is 23.1 Å². The summed E-state index contributed by atoms with van der Waals surface area (Å²) < 4.78 is 1.88. The molecule has 0 radical (unpaired) electrons. The number of hydrogen-bond acceptors (Lipinski definition) is 2. The average Bonchev–Trinajstić information content (AvgIpc) is 3.00. The van der Waals surface area contributed by atoms with Gasteiger partial charge in [0.2, 0.25) is 0 Å². The van der Waals surface area contributed by atoms with Crippen LogP contribution in [0.2, 0.25) is 0 Å². The normalized spacial score (nSPS) is 23.5. The lowest BCUT2D eigenvalue weighted by Gasteiger charge is -2.37. The maximum atomic E-state index is 12.7. The number of carbonyl (C=O) groups is 1. The van der Waals surface area contributed by atoms with E-state index in [9.17, 15) is 4.79 Å². The number of carbonyl (C=O) groups excluding carboxylic acids is 1. The zero-order chi connectivity index (χ0) is 14.8. The van der Waals surface area contributed by atoms with E-state index in [4.69, 9.17) is 0 Å². The van der Waals surface area contributed by atoms with Gasteiger partial charge in [0.1, 0.15) is 0 Å². The lowest BCUT2D eigenvalue weighted by molar-refractivity contribution is 0.0608. The standard InChI is InChI=1S/C16H20Br2N2O/c17-13-8-12(9-14(18)10-13)16(21)20-7-3-4-15(11-20)19-5-1-2-6-19/h8-10,15H,1-7,11H2. The first-order chi connectivity index (χ1) is 10.1. The highest BCUT2D eigenvalue weighted by molar-refractivity contribution is 9.11. The molecule has 2 fully saturated rings. The van der Waals surface area contributed by atoms with Gasteiger partial charge in [-0.05, 0) is 57.0 Å². The molecule has 2 saturated heterocycles. The topological polar surface area (TPSA) is 23.6 Å². The molecule has 0 bridgehead atoms. The van der Waals surface area contributed by atoms with E-state index >= 15 is 0 Å². The van der Waals surface area contributed by atoms with Crippen LogP contribution in [0.25, 0.3) is 0 Å². The number of likely N-dealkylation sites (tertiary alicyclic amines) is 2. The molecular weight excluding hydrogens is 396 g/mol. The molecule has 3 rings (SSSR count). The summed E-state index contributed by atoms with van der Waals surface area (Å²) in [6, 6.07) is 6.33. The van der Waals surface area contributed by atoms with Gasteiger partial charge in [0.15, 0.2) is 0 Å². The maximum absolute atomic E-state index is 12.7. The number of piperidine rings is 1. The van der Waals surface area contributed by atoms with Crippen LogP contribution in [0.15, 0.2) is 27.1 Å². The van der Waals surface area contributed by atoms with Crippen molar-refractivity contribution in [3.63, 3.8) is 0 Å². The highest BCUT2D eigenvalue weighted by Gasteiger charge is 2.29. The number of amides is 1. The van der Waals surface area contributed by atoms with Crippen LogP contribution in [0.4, 0.5) is 0 Å². The summed E-state index contributed by atoms with van der Waals surface area (Å²) in [7, 11) is 0. The van der Waals surface area contributed by atoms with E-state index < -0.39 is 0 Å². The molecule has 2 aliphatic rings. The smallest absolute Gasteiger partial charge is 0.253 e. The second kappa shape index (κ2) is 6.80. The quantitative estimate of drug-likeness (QED) is 0.730. The number of halogens is 2. The lowest BCUT2D eigenvalue weighted by Crippen LogP contribution is -2.49. The highest BCUT2D eigenvalue weighted by atomic mass is 79.9. The fraction of sp³-hybridized carbons (Fsp3) is 0.562. The molecular formula is C16H20Br2N2O. The van der Waals surface area contributed by atoms with Gasteiger partial charge < -0.3 is 4.90 Å². The molecule has 21 heavy (non-hydrogen) atoms. The van der Waals surface area contributed by atoms with Gasteiger partial charge in [-0.2, -0.15) is 0 Å². The number of hydrogen-bond donors (Lipinski definition) is 0. The minimum Gasteiger partial charge on any atom is -0.337 e. The van der Waals surface area contributed by atoms with Gasteiger partial charge in [-0.25, -0.2) is 0 Å². The summed E-state index contributed by atoms with van der Waals surface area (Å²) in [4.78, 5) is 17.3. The third kappa shape index (κ3) is 3.69. The fourth-order valence-electron chi connectivity index (χ4n) is 3.40. The third-order valence-corrected chi connectivity index (χ3v) is 5.37. The summed E-state index contributed by atoms with van der Waals surface area (Å²) >= 11 is 6.92. The minimum atomic E-state index is 0.154. The van der Waals surface area contributed by atoms with E-state index in [2.05, 4.69) is 36.8 Å². The van der Waals surface area contributed by atoms with Crippen molar-refractivity contribution in [2.24, 2.45) is 0 Å². The first-order valence-electron chi connectivity index (χ1n) is 7.63. The van der Waals surface area contributed by atoms with Crippen molar-refractivity contribution in [2.75, 3.05) is 26.2 Å². The fourth-order valence-corrected chi connectivity index (χ4v) is 4.70. The van der Waals surface area contributed by atoms with Gasteiger partial charge in [0.05, 0.1) is 0 Å². The number of benzene rings is 1. The Kier molecular flexibility index (Phi) is 5.02. The van der Waals surface area contributed by atoms with Gasteiger partial charge in [-0.1, -0.05) is 31.9 Å². The van der Waals surface area contributed by atoms with Crippen molar-refractivity contribution in [2.45, 2.75) is 31.7 Å². The number of nitrogens with zero attached hydrogens (tertiary/aromatic N) is 2. The van der Waals surface area contributed by atoms with Gasteiger partial charge >= 0.3 is 0 Å². The molecule has 0 saturated carbocycles. The molecule has 1 aromatic rings. The van der Waals surface area contributed by atoms with Crippen LogP contribution in [0, 0.1) is 0 Å². The lowest BCUT2D eigenvalue weighted by atomic mass is 10.0. The van der Waals surface area contributed by atoms with Gasteiger partial charge in [-0.3, -0.25) is 9.69 Å². The van der Waals surface area contributed by atoms with Crippen molar-refractivity contribution in [3.05, 3.63) is 32.7 Å². The monoisotopic (exact) mass is 414 g/mol. The van der Waals surface area contributed by atoms with Crippen LogP contribution in [-0.2, 0) is 0 Å². The molecule has 5 heteroatoms. The van der Waals surface area contributed by atoms with Gasteiger partial charge in [-0.15, -0.1) is 0 Å². The van der Waals surface area contributed by atoms with E-state index in [0.29, 0.717) is 6.04 Å². The second-order valence-electron chi connectivity index (χ2n) is 5.95. The Bertz CT molecular complexity index is 509.